The minimum Gasteiger partial charge on any atom is -0.495 e. The maximum Gasteiger partial charge on any atom is 0.331 e. The van der Waals surface area contributed by atoms with Crippen LogP contribution in [0.1, 0.15) is 32.8 Å². The van der Waals surface area contributed by atoms with Gasteiger partial charge in [-0.1, -0.05) is 13.0 Å². The summed E-state index contributed by atoms with van der Waals surface area (Å²) in [6, 6.07) is 4.50. The van der Waals surface area contributed by atoms with Crippen molar-refractivity contribution in [2.24, 2.45) is 0 Å². The van der Waals surface area contributed by atoms with Crippen molar-refractivity contribution in [3.8, 4) is 5.75 Å². The molecule has 0 saturated heterocycles. The van der Waals surface area contributed by atoms with Gasteiger partial charge >= 0.3 is 5.97 Å². The van der Waals surface area contributed by atoms with E-state index in [1.54, 1.807) is 6.07 Å². The molecule has 1 amide bonds. The number of benzene rings is 1. The van der Waals surface area contributed by atoms with Crippen LogP contribution in [0, 0.1) is 0 Å². The first kappa shape index (κ1) is 23.6. The fraction of sp³-hybridized carbons (Fsp3) is 0.474. The fourth-order valence-corrected chi connectivity index (χ4v) is 3.13. The van der Waals surface area contributed by atoms with Gasteiger partial charge < -0.3 is 14.8 Å². The van der Waals surface area contributed by atoms with Crippen molar-refractivity contribution in [3.05, 3.63) is 29.8 Å². The van der Waals surface area contributed by atoms with Crippen LogP contribution in [0.3, 0.4) is 0 Å². The molecular weight excluding hydrogens is 384 g/mol. The van der Waals surface area contributed by atoms with Crippen molar-refractivity contribution < 1.29 is 27.5 Å². The lowest BCUT2D eigenvalue weighted by Gasteiger charge is -2.24. The Bertz CT molecular complexity index is 844. The Balaban J connectivity index is 2.84. The maximum atomic E-state index is 12.4. The van der Waals surface area contributed by atoms with Gasteiger partial charge in [-0.2, -0.15) is 0 Å². The summed E-state index contributed by atoms with van der Waals surface area (Å²) in [6.07, 6.45) is 3.28. The molecule has 1 aromatic carbocycles. The van der Waals surface area contributed by atoms with Gasteiger partial charge in [0.2, 0.25) is 10.0 Å². The molecule has 8 nitrogen and oxygen atoms in total. The van der Waals surface area contributed by atoms with Crippen molar-refractivity contribution in [1.29, 1.82) is 0 Å². The third-order valence-corrected chi connectivity index (χ3v) is 5.90. The van der Waals surface area contributed by atoms with E-state index in [4.69, 9.17) is 9.47 Å². The molecule has 0 aliphatic rings. The van der Waals surface area contributed by atoms with Gasteiger partial charge in [-0.15, -0.1) is 0 Å². The average Bonchev–Trinajstić information content (AvgIpc) is 2.63. The van der Waals surface area contributed by atoms with Gasteiger partial charge in [0, 0.05) is 25.7 Å². The Morgan fingerprint density at radius 1 is 1.25 bits per heavy atom. The lowest BCUT2D eigenvalue weighted by atomic mass is 10.0. The molecule has 0 aliphatic carbocycles. The summed E-state index contributed by atoms with van der Waals surface area (Å²) in [6.45, 7) is 5.29. The first-order chi connectivity index (χ1) is 12.9. The van der Waals surface area contributed by atoms with E-state index in [2.05, 4.69) is 5.32 Å². The molecule has 0 aromatic heterocycles. The van der Waals surface area contributed by atoms with Crippen LogP contribution >= 0.6 is 0 Å². The number of sulfonamides is 1. The molecule has 0 radical (unpaired) electrons. The smallest absolute Gasteiger partial charge is 0.331 e. The molecule has 0 heterocycles. The van der Waals surface area contributed by atoms with Crippen LogP contribution in [0.2, 0.25) is 0 Å². The van der Waals surface area contributed by atoms with Crippen molar-refractivity contribution in [2.45, 2.75) is 37.6 Å². The summed E-state index contributed by atoms with van der Waals surface area (Å²) in [5.74, 6) is -0.904. The van der Waals surface area contributed by atoms with E-state index in [1.807, 2.05) is 20.8 Å². The number of methoxy groups -OCH3 is 1. The molecule has 0 unspecified atom stereocenters. The summed E-state index contributed by atoms with van der Waals surface area (Å²) in [7, 11) is 0.492. The zero-order valence-corrected chi connectivity index (χ0v) is 17.9. The van der Waals surface area contributed by atoms with Crippen LogP contribution in [0.4, 0.5) is 0 Å². The summed E-state index contributed by atoms with van der Waals surface area (Å²) in [5.41, 5.74) is 0.0891. The lowest BCUT2D eigenvalue weighted by Crippen LogP contribution is -2.44. The quantitative estimate of drug-likeness (QED) is 0.490. The lowest BCUT2D eigenvalue weighted by molar-refractivity contribution is -0.144. The Hall–Kier alpha value is -2.39. The third kappa shape index (κ3) is 6.65. The Morgan fingerprint density at radius 3 is 2.43 bits per heavy atom. The monoisotopic (exact) mass is 412 g/mol. The second-order valence-corrected chi connectivity index (χ2v) is 9.04. The van der Waals surface area contributed by atoms with Gasteiger partial charge in [0.05, 0.1) is 7.11 Å². The first-order valence-corrected chi connectivity index (χ1v) is 10.1. The number of ether oxygens (including phenoxy) is 2. The topological polar surface area (TPSA) is 102 Å². The minimum absolute atomic E-state index is 0.0170. The molecule has 0 spiro atoms. The normalized spacial score (nSPS) is 12.2. The maximum absolute atomic E-state index is 12.4. The van der Waals surface area contributed by atoms with E-state index in [-0.39, 0.29) is 16.2 Å². The van der Waals surface area contributed by atoms with E-state index in [9.17, 15) is 18.0 Å². The number of amides is 1. The second-order valence-electron chi connectivity index (χ2n) is 6.92. The van der Waals surface area contributed by atoms with E-state index < -0.39 is 28.5 Å². The highest BCUT2D eigenvalue weighted by Gasteiger charge is 2.22. The molecule has 1 rings (SSSR count). The summed E-state index contributed by atoms with van der Waals surface area (Å²) >= 11 is 0. The highest BCUT2D eigenvalue weighted by Crippen LogP contribution is 2.27. The molecule has 9 heteroatoms. The Kier molecular flexibility index (Phi) is 8.19. The molecule has 0 bridgehead atoms. The number of hydrogen-bond acceptors (Lipinski definition) is 6. The van der Waals surface area contributed by atoms with Crippen LogP contribution < -0.4 is 10.1 Å². The standard InChI is InChI=1S/C19H28N2O6S/c1-7-19(2,3)20-17(22)13-27-18(23)11-9-14-8-10-15(26-6)16(12-14)28(24,25)21(4)5/h8-12H,7,13H2,1-6H3,(H,20,22)/b11-9+. The van der Waals surface area contributed by atoms with Crippen LogP contribution in [0.5, 0.6) is 5.75 Å². The molecule has 0 aliphatic heterocycles. The van der Waals surface area contributed by atoms with Gasteiger partial charge in [0.1, 0.15) is 10.6 Å². The van der Waals surface area contributed by atoms with E-state index in [0.29, 0.717) is 5.56 Å². The van der Waals surface area contributed by atoms with Crippen LogP contribution in [-0.4, -0.2) is 58.0 Å². The van der Waals surface area contributed by atoms with E-state index >= 15 is 0 Å². The molecule has 1 aromatic rings. The summed E-state index contributed by atoms with van der Waals surface area (Å²) in [5, 5.41) is 2.76. The second kappa shape index (κ2) is 9.70. The molecule has 1 N–H and O–H groups in total. The molecule has 0 fully saturated rings. The number of rotatable bonds is 9. The fourth-order valence-electron chi connectivity index (χ4n) is 2.05. The predicted molar refractivity (Wildman–Crippen MR) is 106 cm³/mol. The number of nitrogens with zero attached hydrogens (tertiary/aromatic N) is 1. The van der Waals surface area contributed by atoms with Crippen molar-refractivity contribution in [2.75, 3.05) is 27.8 Å². The average molecular weight is 413 g/mol. The number of nitrogens with one attached hydrogen (secondary N) is 1. The third-order valence-electron chi connectivity index (χ3n) is 4.07. The van der Waals surface area contributed by atoms with E-state index in [1.165, 1.54) is 39.4 Å². The zero-order chi connectivity index (χ0) is 21.5. The Morgan fingerprint density at radius 2 is 1.89 bits per heavy atom. The number of carbonyl (C=O) groups is 2. The summed E-state index contributed by atoms with van der Waals surface area (Å²) in [4.78, 5) is 23.6. The van der Waals surface area contributed by atoms with Crippen molar-refractivity contribution in [3.63, 3.8) is 0 Å². The largest absolute Gasteiger partial charge is 0.495 e. The van der Waals surface area contributed by atoms with Gasteiger partial charge in [0.15, 0.2) is 6.61 Å². The SMILES string of the molecule is CCC(C)(C)NC(=O)COC(=O)/C=C/c1ccc(OC)c(S(=O)(=O)N(C)C)c1. The summed E-state index contributed by atoms with van der Waals surface area (Å²) < 4.78 is 35.9. The first-order valence-electron chi connectivity index (χ1n) is 8.69. The number of esters is 1. The highest BCUT2D eigenvalue weighted by molar-refractivity contribution is 7.89. The molecule has 156 valence electrons. The van der Waals surface area contributed by atoms with Gasteiger partial charge in [-0.25, -0.2) is 17.5 Å². The van der Waals surface area contributed by atoms with Crippen molar-refractivity contribution in [1.82, 2.24) is 9.62 Å². The van der Waals surface area contributed by atoms with E-state index in [0.717, 1.165) is 16.8 Å². The van der Waals surface area contributed by atoms with Gasteiger partial charge in [-0.3, -0.25) is 4.79 Å². The van der Waals surface area contributed by atoms with Gasteiger partial charge in [0.25, 0.3) is 5.91 Å². The van der Waals surface area contributed by atoms with Crippen LogP contribution in [-0.2, 0) is 24.3 Å². The molecule has 0 atom stereocenters. The molecule has 0 saturated carbocycles. The Labute approximate surface area is 166 Å². The van der Waals surface area contributed by atoms with Crippen LogP contribution in [0.15, 0.2) is 29.2 Å². The molecule has 28 heavy (non-hydrogen) atoms. The van der Waals surface area contributed by atoms with Gasteiger partial charge in [-0.05, 0) is 44.0 Å². The zero-order valence-electron chi connectivity index (χ0n) is 17.1. The van der Waals surface area contributed by atoms with Crippen molar-refractivity contribution >= 4 is 28.0 Å². The minimum atomic E-state index is -3.72. The predicted octanol–water partition coefficient (Wildman–Crippen LogP) is 1.81. The number of carbonyl (C=O) groups excluding carboxylic acids is 2. The number of hydrogen-bond donors (Lipinski definition) is 1. The molecular formula is C19H28N2O6S. The highest BCUT2D eigenvalue weighted by atomic mass is 32.2. The van der Waals surface area contributed by atoms with Crippen LogP contribution in [0.25, 0.3) is 6.08 Å².